The summed E-state index contributed by atoms with van der Waals surface area (Å²) in [5, 5.41) is 0. The fourth-order valence-corrected chi connectivity index (χ4v) is 4.16. The Morgan fingerprint density at radius 2 is 1.96 bits per heavy atom. The molecule has 0 saturated heterocycles. The van der Waals surface area contributed by atoms with Crippen LogP contribution in [0.25, 0.3) is 11.3 Å². The lowest BCUT2D eigenvalue weighted by atomic mass is 10.1. The van der Waals surface area contributed by atoms with E-state index < -0.39 is 0 Å². The second-order valence-corrected chi connectivity index (χ2v) is 7.54. The summed E-state index contributed by atoms with van der Waals surface area (Å²) in [5.41, 5.74) is 2.39. The largest absolute Gasteiger partial charge is 0.497 e. The fourth-order valence-electron chi connectivity index (χ4n) is 3.23. The van der Waals surface area contributed by atoms with Crippen LogP contribution < -0.4 is 4.74 Å². The maximum atomic E-state index is 5.24. The first-order valence-corrected chi connectivity index (χ1v) is 9.01. The van der Waals surface area contributed by atoms with E-state index in [4.69, 9.17) is 4.74 Å². The van der Waals surface area contributed by atoms with Crippen molar-refractivity contribution >= 4 is 11.3 Å². The lowest BCUT2D eigenvalue weighted by molar-refractivity contribution is 0.211. The third-order valence-electron chi connectivity index (χ3n) is 4.50. The molecule has 0 atom stereocenters. The number of rotatable bonds is 4. The monoisotopic (exact) mass is 339 g/mol. The molecular weight excluding hydrogens is 318 g/mol. The molecule has 24 heavy (non-hydrogen) atoms. The van der Waals surface area contributed by atoms with Crippen LogP contribution in [0.1, 0.15) is 15.6 Å². The Morgan fingerprint density at radius 1 is 1.12 bits per heavy atom. The van der Waals surface area contributed by atoms with Gasteiger partial charge in [0, 0.05) is 35.0 Å². The van der Waals surface area contributed by atoms with E-state index >= 15 is 0 Å². The first-order chi connectivity index (χ1) is 11.7. The number of hydrogen-bond acceptors (Lipinski definition) is 4. The molecule has 1 aliphatic rings. The molecule has 0 spiro atoms. The summed E-state index contributed by atoms with van der Waals surface area (Å²) < 4.78 is 7.59. The predicted octanol–water partition coefficient (Wildman–Crippen LogP) is 3.94. The van der Waals surface area contributed by atoms with Crippen molar-refractivity contribution < 1.29 is 4.74 Å². The summed E-state index contributed by atoms with van der Waals surface area (Å²) in [6.45, 7) is 6.14. The number of ether oxygens (including phenoxy) is 1. The molecule has 1 aromatic carbocycles. The summed E-state index contributed by atoms with van der Waals surface area (Å²) in [6.07, 6.45) is 2.00. The van der Waals surface area contributed by atoms with E-state index in [0.29, 0.717) is 0 Å². The number of hydrogen-bond donors (Lipinski definition) is 0. The van der Waals surface area contributed by atoms with Crippen molar-refractivity contribution in [3.63, 3.8) is 0 Å². The summed E-state index contributed by atoms with van der Waals surface area (Å²) in [6, 6.07) is 12.7. The smallest absolute Gasteiger partial charge is 0.123 e. The van der Waals surface area contributed by atoms with Crippen LogP contribution in [-0.4, -0.2) is 28.1 Å². The minimum Gasteiger partial charge on any atom is -0.497 e. The highest BCUT2D eigenvalue weighted by Crippen LogP contribution is 2.27. The molecule has 5 heteroatoms. The van der Waals surface area contributed by atoms with Gasteiger partial charge in [0.25, 0.3) is 0 Å². The maximum absolute atomic E-state index is 5.24. The number of nitrogens with zero attached hydrogens (tertiary/aromatic N) is 3. The molecule has 0 saturated carbocycles. The zero-order valence-electron chi connectivity index (χ0n) is 14.0. The quantitative estimate of drug-likeness (QED) is 0.721. The topological polar surface area (TPSA) is 30.3 Å². The van der Waals surface area contributed by atoms with Crippen LogP contribution in [0.3, 0.4) is 0 Å². The van der Waals surface area contributed by atoms with Gasteiger partial charge in [-0.15, -0.1) is 11.3 Å². The second-order valence-electron chi connectivity index (χ2n) is 6.16. The molecule has 3 heterocycles. The summed E-state index contributed by atoms with van der Waals surface area (Å²) in [7, 11) is 1.69. The number of fused-ring (bicyclic) bond motifs is 1. The zero-order valence-corrected chi connectivity index (χ0v) is 14.8. The third kappa shape index (κ3) is 2.97. The first-order valence-electron chi connectivity index (χ1n) is 8.19. The van der Waals surface area contributed by atoms with Crippen LogP contribution in [0.4, 0.5) is 0 Å². The van der Waals surface area contributed by atoms with E-state index in [0.717, 1.165) is 37.8 Å². The van der Waals surface area contributed by atoms with Crippen LogP contribution in [0, 0.1) is 6.92 Å². The summed E-state index contributed by atoms with van der Waals surface area (Å²) in [5.74, 6) is 2.04. The standard InChI is InChI=1S/C19H21N3OS/c1-14-3-8-17(24-14)12-21-9-10-22-18(11-20-19(22)13-21)15-4-6-16(23-2)7-5-15/h3-8,11H,9-10,12-13H2,1-2H3. The van der Waals surface area contributed by atoms with Crippen LogP contribution in [0.2, 0.25) is 0 Å². The lowest BCUT2D eigenvalue weighted by Crippen LogP contribution is -2.33. The van der Waals surface area contributed by atoms with Gasteiger partial charge < -0.3 is 9.30 Å². The molecule has 0 N–H and O–H groups in total. The number of aromatic nitrogens is 2. The van der Waals surface area contributed by atoms with Crippen molar-refractivity contribution in [1.29, 1.82) is 0 Å². The Hall–Kier alpha value is -2.11. The Kier molecular flexibility index (Phi) is 4.12. The van der Waals surface area contributed by atoms with E-state index in [1.807, 2.05) is 29.7 Å². The summed E-state index contributed by atoms with van der Waals surface area (Å²) >= 11 is 1.89. The van der Waals surface area contributed by atoms with Crippen molar-refractivity contribution in [1.82, 2.24) is 14.5 Å². The number of benzene rings is 1. The van der Waals surface area contributed by atoms with Crippen LogP contribution in [-0.2, 0) is 19.6 Å². The number of methoxy groups -OCH3 is 1. The minimum atomic E-state index is 0.884. The van der Waals surface area contributed by atoms with Gasteiger partial charge in [0.1, 0.15) is 11.6 Å². The van der Waals surface area contributed by atoms with Crippen LogP contribution in [0.5, 0.6) is 5.75 Å². The van der Waals surface area contributed by atoms with Gasteiger partial charge in [-0.1, -0.05) is 0 Å². The molecule has 0 fully saturated rings. The highest BCUT2D eigenvalue weighted by atomic mass is 32.1. The highest BCUT2D eigenvalue weighted by Gasteiger charge is 2.20. The minimum absolute atomic E-state index is 0.884. The van der Waals surface area contributed by atoms with E-state index in [2.05, 4.69) is 45.6 Å². The van der Waals surface area contributed by atoms with Gasteiger partial charge in [-0.05, 0) is 43.3 Å². The molecule has 0 radical (unpaired) electrons. The average Bonchev–Trinajstić information content (AvgIpc) is 3.21. The molecule has 3 aromatic rings. The first kappa shape index (κ1) is 15.4. The number of aryl methyl sites for hydroxylation is 1. The Morgan fingerprint density at radius 3 is 2.67 bits per heavy atom. The summed E-state index contributed by atoms with van der Waals surface area (Å²) in [4.78, 5) is 9.96. The second kappa shape index (κ2) is 6.42. The molecule has 0 unspecified atom stereocenters. The van der Waals surface area contributed by atoms with Gasteiger partial charge in [0.05, 0.1) is 25.5 Å². The van der Waals surface area contributed by atoms with E-state index in [-0.39, 0.29) is 0 Å². The van der Waals surface area contributed by atoms with Gasteiger partial charge in [-0.2, -0.15) is 0 Å². The number of imidazole rings is 1. The van der Waals surface area contributed by atoms with Crippen molar-refractivity contribution in [3.05, 3.63) is 58.2 Å². The number of thiophene rings is 1. The Labute approximate surface area is 146 Å². The third-order valence-corrected chi connectivity index (χ3v) is 5.49. The van der Waals surface area contributed by atoms with Crippen LogP contribution in [0.15, 0.2) is 42.6 Å². The van der Waals surface area contributed by atoms with Gasteiger partial charge in [0.2, 0.25) is 0 Å². The van der Waals surface area contributed by atoms with Gasteiger partial charge in [0.15, 0.2) is 0 Å². The van der Waals surface area contributed by atoms with Gasteiger partial charge in [-0.3, -0.25) is 4.90 Å². The Bertz CT molecular complexity index is 835. The van der Waals surface area contributed by atoms with Gasteiger partial charge >= 0.3 is 0 Å². The molecule has 4 rings (SSSR count). The average molecular weight is 339 g/mol. The molecule has 2 aromatic heterocycles. The van der Waals surface area contributed by atoms with Crippen molar-refractivity contribution in [3.8, 4) is 17.0 Å². The zero-order chi connectivity index (χ0) is 16.5. The van der Waals surface area contributed by atoms with Crippen molar-refractivity contribution in [2.45, 2.75) is 26.6 Å². The lowest BCUT2D eigenvalue weighted by Gasteiger charge is -2.28. The molecule has 0 amide bonds. The van der Waals surface area contributed by atoms with E-state index in [1.54, 1.807) is 7.11 Å². The molecule has 4 nitrogen and oxygen atoms in total. The Balaban J connectivity index is 1.52. The molecular formula is C19H21N3OS. The fraction of sp³-hybridized carbons (Fsp3) is 0.316. The predicted molar refractivity (Wildman–Crippen MR) is 97.4 cm³/mol. The van der Waals surface area contributed by atoms with Crippen LogP contribution >= 0.6 is 11.3 Å². The van der Waals surface area contributed by atoms with Gasteiger partial charge in [-0.25, -0.2) is 4.98 Å². The molecule has 124 valence electrons. The maximum Gasteiger partial charge on any atom is 0.123 e. The molecule has 1 aliphatic heterocycles. The van der Waals surface area contributed by atoms with E-state index in [1.165, 1.54) is 21.0 Å². The van der Waals surface area contributed by atoms with Crippen molar-refractivity contribution in [2.24, 2.45) is 0 Å². The SMILES string of the molecule is COc1ccc(-c2cnc3n2CCN(Cc2ccc(C)s2)C3)cc1. The highest BCUT2D eigenvalue weighted by molar-refractivity contribution is 7.11. The van der Waals surface area contributed by atoms with E-state index in [9.17, 15) is 0 Å². The normalized spacial score (nSPS) is 14.6. The molecule has 0 aliphatic carbocycles. The molecule has 0 bridgehead atoms. The van der Waals surface area contributed by atoms with Crippen molar-refractivity contribution in [2.75, 3.05) is 13.7 Å².